The van der Waals surface area contributed by atoms with E-state index in [1.807, 2.05) is 54.6 Å². The molecular weight excluding hydrogens is 280 g/mol. The van der Waals surface area contributed by atoms with Crippen molar-refractivity contribution in [3.63, 3.8) is 0 Å². The van der Waals surface area contributed by atoms with Crippen molar-refractivity contribution < 1.29 is 9.72 Å². The predicted octanol–water partition coefficient (Wildman–Crippen LogP) is 2.42. The van der Waals surface area contributed by atoms with Crippen molar-refractivity contribution in [2.45, 2.75) is 11.8 Å². The first-order valence-electron chi connectivity index (χ1n) is 7.08. The number of carbonyl (C=O) groups excluding carboxylic acids is 1. The van der Waals surface area contributed by atoms with Crippen LogP contribution in [0.4, 0.5) is 5.69 Å². The normalized spacial score (nSPS) is 20.0. The average Bonchev–Trinajstić information content (AvgIpc) is 2.71. The highest BCUT2D eigenvalue weighted by molar-refractivity contribution is 6.08. The average molecular weight is 296 g/mol. The van der Waals surface area contributed by atoms with E-state index < -0.39 is 16.9 Å². The second-order valence-electron chi connectivity index (χ2n) is 5.62. The lowest BCUT2D eigenvalue weighted by atomic mass is 9.76. The maximum Gasteiger partial charge on any atom is 0.244 e. The maximum atomic E-state index is 12.8. The molecule has 1 heterocycles. The van der Waals surface area contributed by atoms with Gasteiger partial charge in [0.05, 0.1) is 0 Å². The molecule has 5 nitrogen and oxygen atoms in total. The summed E-state index contributed by atoms with van der Waals surface area (Å²) in [5.74, 6) is -0.214. The Bertz CT molecular complexity index is 730. The molecule has 0 N–H and O–H groups in total. The summed E-state index contributed by atoms with van der Waals surface area (Å²) in [5, 5.41) is 11.2. The third-order valence-corrected chi connectivity index (χ3v) is 4.24. The van der Waals surface area contributed by atoms with E-state index in [9.17, 15) is 14.9 Å². The summed E-state index contributed by atoms with van der Waals surface area (Å²) in [6.07, 6.45) is 0.328. The van der Waals surface area contributed by atoms with Crippen molar-refractivity contribution in [2.24, 2.45) is 0 Å². The van der Waals surface area contributed by atoms with Crippen LogP contribution >= 0.6 is 0 Å². The van der Waals surface area contributed by atoms with Crippen LogP contribution in [0.15, 0.2) is 54.6 Å². The van der Waals surface area contributed by atoms with Crippen LogP contribution in [0.5, 0.6) is 0 Å². The van der Waals surface area contributed by atoms with Crippen molar-refractivity contribution in [1.29, 1.82) is 0 Å². The smallest absolute Gasteiger partial charge is 0.244 e. The van der Waals surface area contributed by atoms with Crippen molar-refractivity contribution in [3.8, 4) is 0 Å². The summed E-state index contributed by atoms with van der Waals surface area (Å²) in [6, 6.07) is 16.8. The number of nitro groups is 1. The number of rotatable bonds is 4. The molecule has 1 amide bonds. The lowest BCUT2D eigenvalue weighted by molar-refractivity contribution is -0.488. The van der Waals surface area contributed by atoms with Gasteiger partial charge in [-0.1, -0.05) is 48.5 Å². The first-order valence-corrected chi connectivity index (χ1v) is 7.08. The highest BCUT2D eigenvalue weighted by Crippen LogP contribution is 2.43. The zero-order chi connectivity index (χ0) is 15.7. The molecule has 0 fully saturated rings. The summed E-state index contributed by atoms with van der Waals surface area (Å²) >= 11 is 0. The summed E-state index contributed by atoms with van der Waals surface area (Å²) in [5.41, 5.74) is 1.28. The van der Waals surface area contributed by atoms with Gasteiger partial charge in [0.15, 0.2) is 0 Å². The van der Waals surface area contributed by atoms with Crippen LogP contribution in [0, 0.1) is 10.1 Å². The Morgan fingerprint density at radius 1 is 1.09 bits per heavy atom. The molecule has 3 rings (SSSR count). The van der Waals surface area contributed by atoms with Crippen LogP contribution < -0.4 is 4.90 Å². The zero-order valence-electron chi connectivity index (χ0n) is 12.2. The second kappa shape index (κ2) is 5.26. The van der Waals surface area contributed by atoms with E-state index in [0.717, 1.165) is 16.8 Å². The molecule has 5 heteroatoms. The Labute approximate surface area is 128 Å². The first kappa shape index (κ1) is 14.3. The fraction of sp³-hybridized carbons (Fsp3) is 0.235. The monoisotopic (exact) mass is 296 g/mol. The fourth-order valence-corrected chi connectivity index (χ4v) is 3.26. The number of likely N-dealkylation sites (N-methyl/N-ethyl adjacent to an activating group) is 1. The summed E-state index contributed by atoms with van der Waals surface area (Å²) < 4.78 is 0. The molecule has 2 aromatic rings. The Balaban J connectivity index is 2.14. The molecule has 0 unspecified atom stereocenters. The maximum absolute atomic E-state index is 12.8. The molecule has 0 bridgehead atoms. The molecule has 1 aliphatic rings. The number of hydrogen-bond donors (Lipinski definition) is 0. The third-order valence-electron chi connectivity index (χ3n) is 4.24. The van der Waals surface area contributed by atoms with Gasteiger partial charge in [0.2, 0.25) is 12.5 Å². The predicted molar refractivity (Wildman–Crippen MR) is 83.5 cm³/mol. The number of anilines is 1. The molecule has 112 valence electrons. The number of carbonyl (C=O) groups is 1. The second-order valence-corrected chi connectivity index (χ2v) is 5.62. The summed E-state index contributed by atoms with van der Waals surface area (Å²) in [7, 11) is 1.67. The minimum Gasteiger partial charge on any atom is -0.314 e. The number of amides is 1. The minimum atomic E-state index is -1.13. The van der Waals surface area contributed by atoms with E-state index in [1.165, 1.54) is 4.90 Å². The molecule has 0 saturated heterocycles. The lowest BCUT2D eigenvalue weighted by Gasteiger charge is -2.24. The number of fused-ring (bicyclic) bond motifs is 1. The van der Waals surface area contributed by atoms with Crippen LogP contribution in [0.25, 0.3) is 0 Å². The molecule has 0 radical (unpaired) electrons. The molecular formula is C17H16N2O3. The van der Waals surface area contributed by atoms with Crippen LogP contribution in [0.2, 0.25) is 0 Å². The first-order chi connectivity index (χ1) is 10.5. The Hall–Kier alpha value is -2.69. The summed E-state index contributed by atoms with van der Waals surface area (Å²) in [4.78, 5) is 25.2. The fourth-order valence-electron chi connectivity index (χ4n) is 3.26. The van der Waals surface area contributed by atoms with Crippen LogP contribution in [-0.4, -0.2) is 24.4 Å². The zero-order valence-corrected chi connectivity index (χ0v) is 12.2. The van der Waals surface area contributed by atoms with E-state index in [4.69, 9.17) is 0 Å². The highest BCUT2D eigenvalue weighted by Gasteiger charge is 2.53. The molecule has 0 saturated carbocycles. The van der Waals surface area contributed by atoms with Crippen molar-refractivity contribution >= 4 is 11.6 Å². The Morgan fingerprint density at radius 2 is 1.73 bits per heavy atom. The van der Waals surface area contributed by atoms with Gasteiger partial charge in [-0.15, -0.1) is 0 Å². The van der Waals surface area contributed by atoms with Crippen molar-refractivity contribution in [1.82, 2.24) is 0 Å². The largest absolute Gasteiger partial charge is 0.314 e. The van der Waals surface area contributed by atoms with Crippen molar-refractivity contribution in [2.75, 3.05) is 18.5 Å². The Kier molecular flexibility index (Phi) is 3.41. The van der Waals surface area contributed by atoms with Gasteiger partial charge in [0.1, 0.15) is 5.41 Å². The van der Waals surface area contributed by atoms with Gasteiger partial charge < -0.3 is 4.90 Å². The molecule has 1 aliphatic heterocycles. The van der Waals surface area contributed by atoms with E-state index in [1.54, 1.807) is 7.05 Å². The van der Waals surface area contributed by atoms with Gasteiger partial charge in [-0.2, -0.15) is 0 Å². The van der Waals surface area contributed by atoms with E-state index in [0.29, 0.717) is 6.42 Å². The van der Waals surface area contributed by atoms with Gasteiger partial charge in [0.25, 0.3) is 0 Å². The van der Waals surface area contributed by atoms with Gasteiger partial charge >= 0.3 is 0 Å². The number of benzene rings is 2. The number of para-hydroxylation sites is 1. The Morgan fingerprint density at radius 3 is 2.41 bits per heavy atom. The highest BCUT2D eigenvalue weighted by atomic mass is 16.6. The third kappa shape index (κ3) is 2.15. The lowest BCUT2D eigenvalue weighted by Crippen LogP contribution is -2.45. The standard InChI is InChI=1S/C17H16N2O3/c1-18-15-10-6-5-9-14(15)17(16(18)20,12-19(21)22)11-13-7-3-2-4-8-13/h2-10H,11-12H2,1H3/t17-/m1/s1. The van der Waals surface area contributed by atoms with Gasteiger partial charge in [-0.25, -0.2) is 0 Å². The molecule has 1 atom stereocenters. The quantitative estimate of drug-likeness (QED) is 0.643. The van der Waals surface area contributed by atoms with Crippen LogP contribution in [0.1, 0.15) is 11.1 Å². The molecule has 0 spiro atoms. The van der Waals surface area contributed by atoms with E-state index in [-0.39, 0.29) is 5.91 Å². The van der Waals surface area contributed by atoms with Crippen molar-refractivity contribution in [3.05, 3.63) is 75.8 Å². The van der Waals surface area contributed by atoms with Gasteiger partial charge in [-0.3, -0.25) is 14.9 Å². The molecule has 0 aromatic heterocycles. The van der Waals surface area contributed by atoms with E-state index >= 15 is 0 Å². The minimum absolute atomic E-state index is 0.214. The topological polar surface area (TPSA) is 63.5 Å². The summed E-state index contributed by atoms with van der Waals surface area (Å²) in [6.45, 7) is -0.401. The number of nitrogens with zero attached hydrogens (tertiary/aromatic N) is 2. The van der Waals surface area contributed by atoms with E-state index in [2.05, 4.69) is 0 Å². The van der Waals surface area contributed by atoms with Gasteiger partial charge in [0, 0.05) is 17.7 Å². The SMILES string of the molecule is CN1C(=O)[C@](Cc2ccccc2)(C[N+](=O)[O-])c2ccccc21. The van der Waals surface area contributed by atoms with Crippen LogP contribution in [0.3, 0.4) is 0 Å². The molecule has 0 aliphatic carbocycles. The van der Waals surface area contributed by atoms with Crippen LogP contribution in [-0.2, 0) is 16.6 Å². The molecule has 22 heavy (non-hydrogen) atoms. The van der Waals surface area contributed by atoms with Gasteiger partial charge in [-0.05, 0) is 23.6 Å². The molecule has 2 aromatic carbocycles. The number of hydrogen-bond acceptors (Lipinski definition) is 3.